The summed E-state index contributed by atoms with van der Waals surface area (Å²) in [6, 6.07) is 4.35. The molecule has 1 aliphatic rings. The minimum absolute atomic E-state index is 0. The lowest BCUT2D eigenvalue weighted by Gasteiger charge is -2.23. The van der Waals surface area contributed by atoms with Gasteiger partial charge in [-0.15, -0.1) is 12.4 Å². The zero-order valence-corrected chi connectivity index (χ0v) is 10.1. The molecule has 0 atom stereocenters. The lowest BCUT2D eigenvalue weighted by molar-refractivity contribution is 0.111. The van der Waals surface area contributed by atoms with E-state index >= 15 is 0 Å². The molecule has 1 aromatic carbocycles. The van der Waals surface area contributed by atoms with Gasteiger partial charge >= 0.3 is 0 Å². The number of nitrogens with one attached hydrogen (secondary N) is 1. The Kier molecular flexibility index (Phi) is 5.38. The van der Waals surface area contributed by atoms with Gasteiger partial charge in [0.1, 0.15) is 17.7 Å². The standard InChI is InChI=1S/C12H14FNO2.ClH/c13-12-7-11(2-1-9(12)8-15)16-10-3-5-14-6-4-10;/h1-2,7-8,10,14H,3-6H2;1H. The number of benzene rings is 1. The first-order chi connectivity index (χ1) is 7.79. The van der Waals surface area contributed by atoms with Gasteiger partial charge in [-0.3, -0.25) is 4.79 Å². The highest BCUT2D eigenvalue weighted by Gasteiger charge is 2.14. The summed E-state index contributed by atoms with van der Waals surface area (Å²) >= 11 is 0. The van der Waals surface area contributed by atoms with Gasteiger partial charge in [-0.2, -0.15) is 0 Å². The number of carbonyl (C=O) groups excluding carboxylic acids is 1. The minimum atomic E-state index is -0.526. The maximum Gasteiger partial charge on any atom is 0.152 e. The summed E-state index contributed by atoms with van der Waals surface area (Å²) in [6.07, 6.45) is 2.50. The SMILES string of the molecule is Cl.O=Cc1ccc(OC2CCNCC2)cc1F. The first-order valence-electron chi connectivity index (χ1n) is 5.41. The van der Waals surface area contributed by atoms with Crippen molar-refractivity contribution in [2.75, 3.05) is 13.1 Å². The first kappa shape index (κ1) is 13.9. The van der Waals surface area contributed by atoms with Crippen LogP contribution in [0.5, 0.6) is 5.75 Å². The number of hydrogen-bond acceptors (Lipinski definition) is 3. The summed E-state index contributed by atoms with van der Waals surface area (Å²) in [7, 11) is 0. The molecule has 1 fully saturated rings. The highest BCUT2D eigenvalue weighted by Crippen LogP contribution is 2.19. The summed E-state index contributed by atoms with van der Waals surface area (Å²) in [6.45, 7) is 1.86. The van der Waals surface area contributed by atoms with Crippen molar-refractivity contribution >= 4 is 18.7 Å². The maximum atomic E-state index is 13.3. The Morgan fingerprint density at radius 2 is 2.06 bits per heavy atom. The quantitative estimate of drug-likeness (QED) is 0.846. The number of aldehydes is 1. The summed E-state index contributed by atoms with van der Waals surface area (Å²) in [5.74, 6) is -0.0311. The Morgan fingerprint density at radius 1 is 1.35 bits per heavy atom. The Labute approximate surface area is 106 Å². The van der Waals surface area contributed by atoms with Crippen molar-refractivity contribution in [2.24, 2.45) is 0 Å². The molecule has 0 bridgehead atoms. The molecule has 2 rings (SSSR count). The fourth-order valence-electron chi connectivity index (χ4n) is 1.78. The van der Waals surface area contributed by atoms with Crippen LogP contribution in [0, 0.1) is 5.82 Å². The predicted molar refractivity (Wildman–Crippen MR) is 65.6 cm³/mol. The molecule has 0 radical (unpaired) electrons. The van der Waals surface area contributed by atoms with Gasteiger partial charge in [-0.25, -0.2) is 4.39 Å². The van der Waals surface area contributed by atoms with Crippen molar-refractivity contribution in [3.8, 4) is 5.75 Å². The summed E-state index contributed by atoms with van der Waals surface area (Å²) < 4.78 is 18.9. The second-order valence-electron chi connectivity index (χ2n) is 3.87. The molecule has 1 N–H and O–H groups in total. The third-order valence-electron chi connectivity index (χ3n) is 2.69. The normalized spacial score (nSPS) is 16.1. The van der Waals surface area contributed by atoms with Crippen LogP contribution in [0.15, 0.2) is 18.2 Å². The van der Waals surface area contributed by atoms with Crippen LogP contribution < -0.4 is 10.1 Å². The molecule has 0 aromatic heterocycles. The Hall–Kier alpha value is -1.13. The van der Waals surface area contributed by atoms with E-state index in [1.807, 2.05) is 0 Å². The van der Waals surface area contributed by atoms with Gasteiger partial charge < -0.3 is 10.1 Å². The Morgan fingerprint density at radius 3 is 2.65 bits per heavy atom. The van der Waals surface area contributed by atoms with Gasteiger partial charge in [0, 0.05) is 6.07 Å². The third kappa shape index (κ3) is 3.68. The van der Waals surface area contributed by atoms with Gasteiger partial charge in [0.2, 0.25) is 0 Å². The maximum absolute atomic E-state index is 13.3. The van der Waals surface area contributed by atoms with E-state index in [1.54, 1.807) is 6.07 Å². The zero-order chi connectivity index (χ0) is 11.4. The first-order valence-corrected chi connectivity index (χ1v) is 5.41. The topological polar surface area (TPSA) is 38.3 Å². The molecule has 0 unspecified atom stereocenters. The lowest BCUT2D eigenvalue weighted by Crippen LogP contribution is -2.34. The van der Waals surface area contributed by atoms with Gasteiger partial charge in [0.25, 0.3) is 0 Å². The van der Waals surface area contributed by atoms with Crippen LogP contribution in [0.2, 0.25) is 0 Å². The number of ether oxygens (including phenoxy) is 1. The van der Waals surface area contributed by atoms with Crippen LogP contribution in [-0.4, -0.2) is 25.5 Å². The van der Waals surface area contributed by atoms with Crippen molar-refractivity contribution < 1.29 is 13.9 Å². The second-order valence-corrected chi connectivity index (χ2v) is 3.87. The van der Waals surface area contributed by atoms with Crippen molar-refractivity contribution in [3.63, 3.8) is 0 Å². The largest absolute Gasteiger partial charge is 0.490 e. The minimum Gasteiger partial charge on any atom is -0.490 e. The van der Waals surface area contributed by atoms with E-state index in [9.17, 15) is 9.18 Å². The van der Waals surface area contributed by atoms with Crippen molar-refractivity contribution in [1.29, 1.82) is 0 Å². The van der Waals surface area contributed by atoms with E-state index in [2.05, 4.69) is 5.32 Å². The molecule has 1 aliphatic heterocycles. The average Bonchev–Trinajstić information content (AvgIpc) is 2.31. The molecule has 1 saturated heterocycles. The summed E-state index contributed by atoms with van der Waals surface area (Å²) in [5, 5.41) is 3.23. The van der Waals surface area contributed by atoms with Crippen LogP contribution in [0.25, 0.3) is 0 Å². The molecule has 0 spiro atoms. The van der Waals surface area contributed by atoms with Gasteiger partial charge in [-0.05, 0) is 38.1 Å². The van der Waals surface area contributed by atoms with E-state index in [-0.39, 0.29) is 24.1 Å². The number of halogens is 2. The molecule has 1 heterocycles. The molecular formula is C12H15ClFNO2. The van der Waals surface area contributed by atoms with E-state index in [0.29, 0.717) is 12.0 Å². The molecule has 94 valence electrons. The number of piperidine rings is 1. The molecule has 3 nitrogen and oxygen atoms in total. The van der Waals surface area contributed by atoms with Crippen molar-refractivity contribution in [3.05, 3.63) is 29.6 Å². The average molecular weight is 260 g/mol. The number of carbonyl (C=O) groups is 1. The van der Waals surface area contributed by atoms with Crippen LogP contribution in [0.1, 0.15) is 23.2 Å². The third-order valence-corrected chi connectivity index (χ3v) is 2.69. The zero-order valence-electron chi connectivity index (χ0n) is 9.32. The van der Waals surface area contributed by atoms with E-state index < -0.39 is 5.82 Å². The van der Waals surface area contributed by atoms with Crippen molar-refractivity contribution in [1.82, 2.24) is 5.32 Å². The fourth-order valence-corrected chi connectivity index (χ4v) is 1.78. The van der Waals surface area contributed by atoms with E-state index in [0.717, 1.165) is 25.9 Å². The van der Waals surface area contributed by atoms with E-state index in [1.165, 1.54) is 12.1 Å². The summed E-state index contributed by atoms with van der Waals surface area (Å²) in [4.78, 5) is 10.4. The molecule has 5 heteroatoms. The summed E-state index contributed by atoms with van der Waals surface area (Å²) in [5.41, 5.74) is 0.0673. The molecule has 17 heavy (non-hydrogen) atoms. The molecule has 0 aliphatic carbocycles. The van der Waals surface area contributed by atoms with Crippen LogP contribution >= 0.6 is 12.4 Å². The smallest absolute Gasteiger partial charge is 0.152 e. The highest BCUT2D eigenvalue weighted by atomic mass is 35.5. The predicted octanol–water partition coefficient (Wildman–Crippen LogP) is 2.19. The Bertz CT molecular complexity index is 381. The van der Waals surface area contributed by atoms with Crippen LogP contribution in [-0.2, 0) is 0 Å². The number of rotatable bonds is 3. The van der Waals surface area contributed by atoms with E-state index in [4.69, 9.17) is 4.74 Å². The lowest BCUT2D eigenvalue weighted by atomic mass is 10.1. The van der Waals surface area contributed by atoms with Gasteiger partial charge in [0.05, 0.1) is 5.56 Å². The second kappa shape index (κ2) is 6.57. The van der Waals surface area contributed by atoms with Gasteiger partial charge in [0.15, 0.2) is 6.29 Å². The molecule has 1 aromatic rings. The van der Waals surface area contributed by atoms with Crippen LogP contribution in [0.4, 0.5) is 4.39 Å². The van der Waals surface area contributed by atoms with Crippen LogP contribution in [0.3, 0.4) is 0 Å². The fraction of sp³-hybridized carbons (Fsp3) is 0.417. The Balaban J connectivity index is 0.00000144. The van der Waals surface area contributed by atoms with Crippen molar-refractivity contribution in [2.45, 2.75) is 18.9 Å². The van der Waals surface area contributed by atoms with Gasteiger partial charge in [-0.1, -0.05) is 0 Å². The molecule has 0 saturated carbocycles. The number of hydrogen-bond donors (Lipinski definition) is 1. The molecule has 0 amide bonds. The highest BCUT2D eigenvalue weighted by molar-refractivity contribution is 5.85. The molecular weight excluding hydrogens is 245 g/mol. The monoisotopic (exact) mass is 259 g/mol.